The first-order valence-electron chi connectivity index (χ1n) is 6.12. The quantitative estimate of drug-likeness (QED) is 0.914. The number of rotatable bonds is 4. The maximum atomic E-state index is 13.1. The molecule has 0 bridgehead atoms. The van der Waals surface area contributed by atoms with Crippen LogP contribution in [0, 0.1) is 5.82 Å². The maximum Gasteiger partial charge on any atom is 0.123 e. The van der Waals surface area contributed by atoms with Crippen LogP contribution in [0.4, 0.5) is 4.39 Å². The summed E-state index contributed by atoms with van der Waals surface area (Å²) in [5, 5.41) is 10.5. The van der Waals surface area contributed by atoms with Crippen molar-refractivity contribution in [3.8, 4) is 5.75 Å². The number of hydrogen-bond donors (Lipinski definition) is 1. The van der Waals surface area contributed by atoms with E-state index < -0.39 is 5.60 Å². The summed E-state index contributed by atoms with van der Waals surface area (Å²) in [7, 11) is 1.60. The predicted octanol–water partition coefficient (Wildman–Crippen LogP) is 3.28. The molecule has 19 heavy (non-hydrogen) atoms. The lowest BCUT2D eigenvalue weighted by molar-refractivity contribution is 0.0575. The molecule has 0 aliphatic carbocycles. The van der Waals surface area contributed by atoms with E-state index in [0.29, 0.717) is 6.42 Å². The highest BCUT2D eigenvalue weighted by Gasteiger charge is 2.23. The summed E-state index contributed by atoms with van der Waals surface area (Å²) in [5.41, 5.74) is 0.499. The summed E-state index contributed by atoms with van der Waals surface area (Å²) < 4.78 is 18.2. The molecule has 2 nitrogen and oxygen atoms in total. The van der Waals surface area contributed by atoms with Crippen molar-refractivity contribution in [3.63, 3.8) is 0 Å². The number of hydrogen-bond acceptors (Lipinski definition) is 2. The van der Waals surface area contributed by atoms with Gasteiger partial charge in [-0.3, -0.25) is 0 Å². The molecule has 0 fully saturated rings. The first-order chi connectivity index (χ1) is 9.01. The molecule has 0 heterocycles. The zero-order valence-corrected chi connectivity index (χ0v) is 11.1. The summed E-state index contributed by atoms with van der Waals surface area (Å²) >= 11 is 0. The third-order valence-corrected chi connectivity index (χ3v) is 3.15. The fourth-order valence-corrected chi connectivity index (χ4v) is 2.10. The van der Waals surface area contributed by atoms with Gasteiger partial charge >= 0.3 is 0 Å². The summed E-state index contributed by atoms with van der Waals surface area (Å²) in [4.78, 5) is 0. The van der Waals surface area contributed by atoms with Gasteiger partial charge in [-0.05, 0) is 42.3 Å². The third kappa shape index (κ3) is 3.32. The second-order valence-corrected chi connectivity index (χ2v) is 4.81. The molecule has 1 N–H and O–H groups in total. The van der Waals surface area contributed by atoms with Crippen molar-refractivity contribution < 1.29 is 14.2 Å². The van der Waals surface area contributed by atoms with Crippen molar-refractivity contribution in [2.75, 3.05) is 7.11 Å². The van der Waals surface area contributed by atoms with Gasteiger partial charge in [0, 0.05) is 6.42 Å². The number of aliphatic hydroxyl groups is 1. The van der Waals surface area contributed by atoms with Crippen molar-refractivity contribution in [3.05, 3.63) is 65.5 Å². The molecule has 0 radical (unpaired) electrons. The van der Waals surface area contributed by atoms with Crippen LogP contribution >= 0.6 is 0 Å². The molecule has 0 aliphatic rings. The molecule has 100 valence electrons. The summed E-state index contributed by atoms with van der Waals surface area (Å²) in [6, 6.07) is 13.5. The molecular formula is C16H17FO2. The Morgan fingerprint density at radius 3 is 2.42 bits per heavy atom. The Hall–Kier alpha value is -1.87. The summed E-state index contributed by atoms with van der Waals surface area (Å²) in [5.74, 6) is 0.452. The van der Waals surface area contributed by atoms with Crippen LogP contribution in [0.5, 0.6) is 5.75 Å². The zero-order chi connectivity index (χ0) is 13.9. The van der Waals surface area contributed by atoms with Crippen molar-refractivity contribution >= 4 is 0 Å². The lowest BCUT2D eigenvalue weighted by Gasteiger charge is -2.24. The van der Waals surface area contributed by atoms with Gasteiger partial charge in [-0.15, -0.1) is 0 Å². The van der Waals surface area contributed by atoms with E-state index >= 15 is 0 Å². The predicted molar refractivity (Wildman–Crippen MR) is 72.7 cm³/mol. The fourth-order valence-electron chi connectivity index (χ4n) is 2.10. The number of halogens is 1. The normalized spacial score (nSPS) is 13.9. The van der Waals surface area contributed by atoms with Crippen LogP contribution in [-0.4, -0.2) is 12.2 Å². The molecule has 0 saturated heterocycles. The Bertz CT molecular complexity index is 547. The van der Waals surface area contributed by atoms with Crippen LogP contribution in [0.2, 0.25) is 0 Å². The van der Waals surface area contributed by atoms with Crippen LogP contribution in [0.25, 0.3) is 0 Å². The molecule has 0 aliphatic heterocycles. The van der Waals surface area contributed by atoms with Crippen LogP contribution in [0.3, 0.4) is 0 Å². The van der Waals surface area contributed by atoms with Gasteiger partial charge < -0.3 is 9.84 Å². The van der Waals surface area contributed by atoms with Crippen molar-refractivity contribution in [1.29, 1.82) is 0 Å². The Morgan fingerprint density at radius 1 is 1.16 bits per heavy atom. The van der Waals surface area contributed by atoms with Crippen LogP contribution in [0.1, 0.15) is 18.1 Å². The van der Waals surface area contributed by atoms with Gasteiger partial charge in [0.05, 0.1) is 12.7 Å². The molecule has 0 aromatic heterocycles. The van der Waals surface area contributed by atoms with E-state index in [9.17, 15) is 9.50 Å². The van der Waals surface area contributed by atoms with Gasteiger partial charge in [-0.2, -0.15) is 0 Å². The Labute approximate surface area is 112 Å². The molecule has 0 saturated carbocycles. The Balaban J connectivity index is 2.21. The molecule has 3 heteroatoms. The van der Waals surface area contributed by atoms with E-state index in [1.165, 1.54) is 12.1 Å². The van der Waals surface area contributed by atoms with Gasteiger partial charge in [0.25, 0.3) is 0 Å². The molecular weight excluding hydrogens is 243 g/mol. The minimum Gasteiger partial charge on any atom is -0.497 e. The minimum absolute atomic E-state index is 0.289. The van der Waals surface area contributed by atoms with E-state index in [4.69, 9.17) is 4.74 Å². The molecule has 0 amide bonds. The van der Waals surface area contributed by atoms with Crippen molar-refractivity contribution in [1.82, 2.24) is 0 Å². The van der Waals surface area contributed by atoms with Crippen molar-refractivity contribution in [2.45, 2.75) is 18.9 Å². The first kappa shape index (κ1) is 13.6. The van der Waals surface area contributed by atoms with E-state index in [2.05, 4.69) is 0 Å². The molecule has 2 aromatic carbocycles. The second kappa shape index (κ2) is 5.41. The highest BCUT2D eigenvalue weighted by Crippen LogP contribution is 2.27. The van der Waals surface area contributed by atoms with Gasteiger partial charge in [-0.25, -0.2) is 4.39 Å². The van der Waals surface area contributed by atoms with Crippen LogP contribution in [0.15, 0.2) is 48.5 Å². The SMILES string of the molecule is COc1ccc(C(C)(O)Cc2cccc(F)c2)cc1. The zero-order valence-electron chi connectivity index (χ0n) is 11.1. The van der Waals surface area contributed by atoms with E-state index in [-0.39, 0.29) is 5.82 Å². The molecule has 1 atom stereocenters. The average molecular weight is 260 g/mol. The highest BCUT2D eigenvalue weighted by molar-refractivity contribution is 5.32. The van der Waals surface area contributed by atoms with Gasteiger partial charge in [0.2, 0.25) is 0 Å². The smallest absolute Gasteiger partial charge is 0.123 e. The molecule has 2 aromatic rings. The number of ether oxygens (including phenoxy) is 1. The highest BCUT2D eigenvalue weighted by atomic mass is 19.1. The summed E-state index contributed by atoms with van der Waals surface area (Å²) in [6.45, 7) is 1.72. The molecule has 0 spiro atoms. The molecule has 2 rings (SSSR count). The standard InChI is InChI=1S/C16H17FO2/c1-16(18,11-12-4-3-5-14(17)10-12)13-6-8-15(19-2)9-7-13/h3-10,18H,11H2,1-2H3. The molecule has 1 unspecified atom stereocenters. The second-order valence-electron chi connectivity index (χ2n) is 4.81. The lowest BCUT2D eigenvalue weighted by atomic mass is 9.89. The lowest BCUT2D eigenvalue weighted by Crippen LogP contribution is -2.24. The minimum atomic E-state index is -1.04. The van der Waals surface area contributed by atoms with Crippen molar-refractivity contribution in [2.24, 2.45) is 0 Å². The average Bonchev–Trinajstić information content (AvgIpc) is 2.38. The Kier molecular flexibility index (Phi) is 3.86. The van der Waals surface area contributed by atoms with Gasteiger partial charge in [0.15, 0.2) is 0 Å². The number of benzene rings is 2. The van der Waals surface area contributed by atoms with Gasteiger partial charge in [-0.1, -0.05) is 24.3 Å². The first-order valence-corrected chi connectivity index (χ1v) is 6.12. The Morgan fingerprint density at radius 2 is 1.84 bits per heavy atom. The van der Waals surface area contributed by atoms with E-state index in [1.54, 1.807) is 38.3 Å². The van der Waals surface area contributed by atoms with E-state index in [0.717, 1.165) is 16.9 Å². The third-order valence-electron chi connectivity index (χ3n) is 3.15. The summed E-state index contributed by atoms with van der Waals surface area (Å²) in [6.07, 6.45) is 0.358. The topological polar surface area (TPSA) is 29.5 Å². The van der Waals surface area contributed by atoms with Gasteiger partial charge in [0.1, 0.15) is 11.6 Å². The largest absolute Gasteiger partial charge is 0.497 e. The van der Waals surface area contributed by atoms with Crippen LogP contribution in [-0.2, 0) is 12.0 Å². The monoisotopic (exact) mass is 260 g/mol. The van der Waals surface area contributed by atoms with E-state index in [1.807, 2.05) is 12.1 Å². The maximum absolute atomic E-state index is 13.1. The number of methoxy groups -OCH3 is 1. The fraction of sp³-hybridized carbons (Fsp3) is 0.250. The van der Waals surface area contributed by atoms with Crippen LogP contribution < -0.4 is 4.74 Å².